The number of carboxylic acids is 1. The molecule has 0 amide bonds. The lowest BCUT2D eigenvalue weighted by atomic mass is 9.70. The van der Waals surface area contributed by atoms with Crippen molar-refractivity contribution < 1.29 is 14.6 Å². The van der Waals surface area contributed by atoms with E-state index in [1.165, 1.54) is 19.0 Å². The molecule has 3 unspecified atom stereocenters. The number of carbonyl (C=O) groups is 1. The Morgan fingerprint density at radius 1 is 1.40 bits per heavy atom. The summed E-state index contributed by atoms with van der Waals surface area (Å²) < 4.78 is 6.08. The van der Waals surface area contributed by atoms with Crippen LogP contribution in [0.1, 0.15) is 50.4 Å². The number of hydrogen-bond acceptors (Lipinski definition) is 3. The van der Waals surface area contributed by atoms with Crippen molar-refractivity contribution in [2.24, 2.45) is 16.7 Å². The van der Waals surface area contributed by atoms with E-state index in [1.807, 2.05) is 0 Å². The van der Waals surface area contributed by atoms with E-state index in [2.05, 4.69) is 25.8 Å². The smallest absolute Gasteiger partial charge is 0.337 e. The summed E-state index contributed by atoms with van der Waals surface area (Å²) in [5, 5.41) is 8.87. The number of pyridine rings is 1. The van der Waals surface area contributed by atoms with Gasteiger partial charge in [-0.1, -0.05) is 20.8 Å². The molecule has 4 nitrogen and oxygen atoms in total. The summed E-state index contributed by atoms with van der Waals surface area (Å²) in [4.78, 5) is 14.9. The van der Waals surface area contributed by atoms with Crippen LogP contribution >= 0.6 is 0 Å². The Morgan fingerprint density at radius 3 is 2.60 bits per heavy atom. The van der Waals surface area contributed by atoms with E-state index in [1.54, 1.807) is 12.1 Å². The Hall–Kier alpha value is -1.58. The highest BCUT2D eigenvalue weighted by atomic mass is 16.5. The van der Waals surface area contributed by atoms with Gasteiger partial charge in [-0.15, -0.1) is 0 Å². The Balaban J connectivity index is 1.78. The number of hydrogen-bond donors (Lipinski definition) is 1. The molecule has 2 aliphatic rings. The molecule has 3 atom stereocenters. The lowest BCUT2D eigenvalue weighted by Crippen LogP contribution is -2.39. The molecule has 0 radical (unpaired) electrons. The maximum Gasteiger partial charge on any atom is 0.337 e. The maximum atomic E-state index is 10.8. The molecule has 4 heteroatoms. The molecule has 2 bridgehead atoms. The van der Waals surface area contributed by atoms with Crippen molar-refractivity contribution in [2.75, 3.05) is 0 Å². The minimum Gasteiger partial charge on any atom is -0.478 e. The van der Waals surface area contributed by atoms with E-state index in [4.69, 9.17) is 9.84 Å². The van der Waals surface area contributed by atoms with Crippen molar-refractivity contribution in [2.45, 2.75) is 46.1 Å². The van der Waals surface area contributed by atoms with Gasteiger partial charge in [-0.05, 0) is 36.7 Å². The predicted octanol–water partition coefficient (Wildman–Crippen LogP) is 3.37. The largest absolute Gasteiger partial charge is 0.478 e. The van der Waals surface area contributed by atoms with Crippen molar-refractivity contribution in [1.82, 2.24) is 4.98 Å². The second-order valence-corrected chi connectivity index (χ2v) is 6.91. The van der Waals surface area contributed by atoms with E-state index in [0.717, 1.165) is 12.3 Å². The van der Waals surface area contributed by atoms with Crippen molar-refractivity contribution >= 4 is 5.97 Å². The standard InChI is InChI=1S/C16H21NO3/c1-15(2)11-6-7-16(15,3)12(8-11)20-13-5-4-10(9-17-13)14(18)19/h4-5,9,11-12H,6-8H2,1-3H3,(H,18,19). The van der Waals surface area contributed by atoms with Gasteiger partial charge in [0.15, 0.2) is 0 Å². The maximum absolute atomic E-state index is 10.8. The van der Waals surface area contributed by atoms with E-state index >= 15 is 0 Å². The Kier molecular flexibility index (Phi) is 2.82. The lowest BCUT2D eigenvalue weighted by molar-refractivity contribution is 0.0273. The fraction of sp³-hybridized carbons (Fsp3) is 0.625. The van der Waals surface area contributed by atoms with Crippen LogP contribution in [0.25, 0.3) is 0 Å². The highest BCUT2D eigenvalue weighted by molar-refractivity contribution is 5.87. The van der Waals surface area contributed by atoms with Crippen molar-refractivity contribution in [3.05, 3.63) is 23.9 Å². The lowest BCUT2D eigenvalue weighted by Gasteiger charge is -2.38. The number of nitrogens with zero attached hydrogens (tertiary/aromatic N) is 1. The molecule has 20 heavy (non-hydrogen) atoms. The molecule has 2 saturated carbocycles. The monoisotopic (exact) mass is 275 g/mol. The van der Waals surface area contributed by atoms with Crippen LogP contribution in [-0.4, -0.2) is 22.2 Å². The van der Waals surface area contributed by atoms with Crippen molar-refractivity contribution in [1.29, 1.82) is 0 Å². The number of carboxylic acid groups (broad SMARTS) is 1. The molecule has 108 valence electrons. The van der Waals surface area contributed by atoms with Gasteiger partial charge in [0.05, 0.1) is 5.56 Å². The molecule has 2 aliphatic carbocycles. The van der Waals surface area contributed by atoms with E-state index in [9.17, 15) is 4.79 Å². The minimum atomic E-state index is -0.961. The zero-order valence-electron chi connectivity index (χ0n) is 12.2. The molecular weight excluding hydrogens is 254 g/mol. The van der Waals surface area contributed by atoms with Gasteiger partial charge in [-0.2, -0.15) is 0 Å². The van der Waals surface area contributed by atoms with Gasteiger partial charge in [-0.25, -0.2) is 9.78 Å². The summed E-state index contributed by atoms with van der Waals surface area (Å²) in [5.41, 5.74) is 0.681. The van der Waals surface area contributed by atoms with Crippen LogP contribution in [0.15, 0.2) is 18.3 Å². The summed E-state index contributed by atoms with van der Waals surface area (Å²) in [6.07, 6.45) is 5.10. The molecule has 0 aromatic carbocycles. The fourth-order valence-corrected chi connectivity index (χ4v) is 4.03. The summed E-state index contributed by atoms with van der Waals surface area (Å²) in [6.45, 7) is 7.00. The average Bonchev–Trinajstić information content (AvgIpc) is 2.72. The third-order valence-electron chi connectivity index (χ3n) is 5.96. The van der Waals surface area contributed by atoms with Crippen molar-refractivity contribution in [3.8, 4) is 5.88 Å². The summed E-state index contributed by atoms with van der Waals surface area (Å²) in [7, 11) is 0. The first-order valence-corrected chi connectivity index (χ1v) is 7.20. The second kappa shape index (κ2) is 4.21. The van der Waals surface area contributed by atoms with Crippen LogP contribution < -0.4 is 4.74 Å². The van der Waals surface area contributed by atoms with Crippen LogP contribution in [-0.2, 0) is 0 Å². The first-order valence-electron chi connectivity index (χ1n) is 7.20. The van der Waals surface area contributed by atoms with Crippen LogP contribution in [0.2, 0.25) is 0 Å². The predicted molar refractivity (Wildman–Crippen MR) is 74.8 cm³/mol. The third-order valence-corrected chi connectivity index (χ3v) is 5.96. The molecule has 0 aliphatic heterocycles. The normalized spacial score (nSPS) is 34.1. The summed E-state index contributed by atoms with van der Waals surface area (Å²) in [5.74, 6) is 0.289. The Morgan fingerprint density at radius 2 is 2.15 bits per heavy atom. The summed E-state index contributed by atoms with van der Waals surface area (Å²) >= 11 is 0. The quantitative estimate of drug-likeness (QED) is 0.918. The van der Waals surface area contributed by atoms with Crippen LogP contribution in [0.5, 0.6) is 5.88 Å². The van der Waals surface area contributed by atoms with Crippen molar-refractivity contribution in [3.63, 3.8) is 0 Å². The van der Waals surface area contributed by atoms with Crippen LogP contribution in [0.3, 0.4) is 0 Å². The second-order valence-electron chi connectivity index (χ2n) is 6.91. The topological polar surface area (TPSA) is 59.4 Å². The Labute approximate surface area is 119 Å². The van der Waals surface area contributed by atoms with Gasteiger partial charge < -0.3 is 9.84 Å². The average molecular weight is 275 g/mol. The van der Waals surface area contributed by atoms with Gasteiger partial charge in [0.1, 0.15) is 6.10 Å². The summed E-state index contributed by atoms with van der Waals surface area (Å²) in [6, 6.07) is 3.21. The SMILES string of the molecule is CC1(C)C2CCC1(C)C(Oc1ccc(C(=O)O)cn1)C2. The molecule has 0 spiro atoms. The number of fused-ring (bicyclic) bond motifs is 2. The molecule has 1 heterocycles. The molecule has 2 fully saturated rings. The highest BCUT2D eigenvalue weighted by Crippen LogP contribution is 2.66. The van der Waals surface area contributed by atoms with E-state index < -0.39 is 5.97 Å². The number of rotatable bonds is 3. The highest BCUT2D eigenvalue weighted by Gasteiger charge is 2.62. The van der Waals surface area contributed by atoms with E-state index in [-0.39, 0.29) is 17.1 Å². The fourth-order valence-electron chi connectivity index (χ4n) is 4.03. The number of aromatic carboxylic acids is 1. The van der Waals surface area contributed by atoms with Crippen LogP contribution in [0.4, 0.5) is 0 Å². The number of aromatic nitrogens is 1. The van der Waals surface area contributed by atoms with Gasteiger partial charge >= 0.3 is 5.97 Å². The van der Waals surface area contributed by atoms with Gasteiger partial charge in [-0.3, -0.25) is 0 Å². The van der Waals surface area contributed by atoms with Gasteiger partial charge in [0, 0.05) is 17.7 Å². The zero-order valence-corrected chi connectivity index (χ0v) is 12.2. The molecule has 3 rings (SSSR count). The first kappa shape index (κ1) is 13.4. The zero-order chi connectivity index (χ0) is 14.5. The molecule has 1 aromatic heterocycles. The van der Waals surface area contributed by atoms with Crippen LogP contribution in [0, 0.1) is 16.7 Å². The van der Waals surface area contributed by atoms with Gasteiger partial charge in [0.25, 0.3) is 0 Å². The minimum absolute atomic E-state index is 0.180. The molecule has 1 N–H and O–H groups in total. The molecule has 1 aromatic rings. The Bertz CT molecular complexity index is 537. The molecule has 0 saturated heterocycles. The third kappa shape index (κ3) is 1.74. The first-order chi connectivity index (χ1) is 9.34. The molecular formula is C16H21NO3. The van der Waals surface area contributed by atoms with Gasteiger partial charge in [0.2, 0.25) is 5.88 Å². The van der Waals surface area contributed by atoms with E-state index in [0.29, 0.717) is 11.3 Å². The number of ether oxygens (including phenoxy) is 1.